The van der Waals surface area contributed by atoms with Crippen LogP contribution in [-0.2, 0) is 20.4 Å². The van der Waals surface area contributed by atoms with Crippen LogP contribution in [0.1, 0.15) is 86.9 Å². The number of nitrogens with zero attached hydrogens (tertiary/aromatic N) is 13. The zero-order chi connectivity index (χ0) is 68.4. The zero-order valence-corrected chi connectivity index (χ0v) is 54.8. The first kappa shape index (κ1) is 64.2. The molecule has 4 N–H and O–H groups in total. The fourth-order valence-corrected chi connectivity index (χ4v) is 20.3. The van der Waals surface area contributed by atoms with Crippen LogP contribution in [0.25, 0.3) is 65.9 Å². The minimum Gasteiger partial charge on any atom is -0.508 e. The second-order valence-corrected chi connectivity index (χ2v) is 31.0. The summed E-state index contributed by atoms with van der Waals surface area (Å²) in [5.74, 6) is 0.750. The number of pyridine rings is 2. The number of terminal acetylenes is 2. The number of fused-ring (bicyclic) bond motifs is 10. The molecule has 8 aromatic rings. The number of benzene rings is 4. The lowest BCUT2D eigenvalue weighted by atomic mass is 9.89. The van der Waals surface area contributed by atoms with E-state index < -0.39 is 97.3 Å². The molecular formula is C68H66F6N14O8S2. The van der Waals surface area contributed by atoms with Gasteiger partial charge in [-0.1, -0.05) is 17.9 Å². The standard InChI is InChI=1S/C68H66F6N14O8S2/c1-5-44-52(71)13-8-35-18-42(89)20-48(55(35)44)59-57(73)61-50(25-76-59)63(83-29-38-9-10-39(30-83)87(38)97(75,91)92)81-66(79-61)96-34-68-16-14-54(86(68)28-37(70)24-68)46-22-53(72)45(6-2)56-47(46)19-43(90)21-49(56)60-58(74)62-51(26-77-60)64(84-31-40-11-12-41(32-84)88(40)98(93,94)82(3)4)80-65(78-62)95-33-67-15-7-17-85(67)27-36(69)23-67/h1-2,8,13,18-22,25-26,36-41,54,89-90H,7,9-12,14-17,23-24,27-34H2,3-4H3,(H2,75,91,92)/t36-,37-,38?,39?,40?,41?,54?,67+,68+/m1/s1. The van der Waals surface area contributed by atoms with E-state index in [1.54, 1.807) is 4.90 Å². The van der Waals surface area contributed by atoms with Gasteiger partial charge in [0.15, 0.2) is 11.6 Å². The average Bonchev–Trinajstić information content (AvgIpc) is 1.18. The van der Waals surface area contributed by atoms with Crippen LogP contribution in [0.3, 0.4) is 0 Å². The summed E-state index contributed by atoms with van der Waals surface area (Å²) < 4.78 is 170. The van der Waals surface area contributed by atoms with Crippen molar-refractivity contribution in [2.75, 3.05) is 82.9 Å². The van der Waals surface area contributed by atoms with Crippen molar-refractivity contribution in [3.8, 4) is 70.7 Å². The normalized spacial score (nSPS) is 26.7. The number of piperazine rings is 2. The van der Waals surface area contributed by atoms with E-state index >= 15 is 26.3 Å². The molecule has 8 saturated heterocycles. The van der Waals surface area contributed by atoms with E-state index in [0.29, 0.717) is 44.0 Å². The van der Waals surface area contributed by atoms with E-state index in [0.717, 1.165) is 12.5 Å². The molecule has 4 aromatic heterocycles. The third kappa shape index (κ3) is 10.2. The van der Waals surface area contributed by atoms with Crippen molar-refractivity contribution >= 4 is 75.4 Å². The summed E-state index contributed by atoms with van der Waals surface area (Å²) >= 11 is 0. The molecule has 0 amide bonds. The second kappa shape index (κ2) is 23.3. The molecule has 0 aliphatic carbocycles. The van der Waals surface area contributed by atoms with Crippen molar-refractivity contribution in [2.45, 2.75) is 118 Å². The number of hydrogen-bond donors (Lipinski definition) is 3. The fourth-order valence-electron chi connectivity index (χ4n) is 17.6. The van der Waals surface area contributed by atoms with Gasteiger partial charge in [-0.25, -0.2) is 31.5 Å². The lowest BCUT2D eigenvalue weighted by Gasteiger charge is -2.41. The van der Waals surface area contributed by atoms with Crippen molar-refractivity contribution in [1.82, 2.24) is 52.6 Å². The summed E-state index contributed by atoms with van der Waals surface area (Å²) in [7, 11) is -5.00. The Bertz CT molecular complexity index is 5030. The highest BCUT2D eigenvalue weighted by Gasteiger charge is 2.56. The molecule has 98 heavy (non-hydrogen) atoms. The molecule has 4 aromatic carbocycles. The van der Waals surface area contributed by atoms with Gasteiger partial charge in [0.05, 0.1) is 33.0 Å². The Morgan fingerprint density at radius 2 is 1.17 bits per heavy atom. The van der Waals surface area contributed by atoms with Gasteiger partial charge in [0.1, 0.15) is 82.7 Å². The van der Waals surface area contributed by atoms with Crippen LogP contribution in [0.2, 0.25) is 0 Å². The Hall–Kier alpha value is -8.46. The Kier molecular flexibility index (Phi) is 15.3. The molecule has 9 atom stereocenters. The van der Waals surface area contributed by atoms with Gasteiger partial charge in [0.25, 0.3) is 20.4 Å². The summed E-state index contributed by atoms with van der Waals surface area (Å²) in [4.78, 5) is 35.7. The predicted molar refractivity (Wildman–Crippen MR) is 352 cm³/mol. The van der Waals surface area contributed by atoms with Crippen LogP contribution < -0.4 is 24.4 Å². The van der Waals surface area contributed by atoms with Crippen molar-refractivity contribution in [2.24, 2.45) is 5.14 Å². The van der Waals surface area contributed by atoms with Crippen molar-refractivity contribution in [1.29, 1.82) is 0 Å². The number of phenolic OH excluding ortho intramolecular Hbond substituents is 2. The third-order valence-electron chi connectivity index (χ3n) is 21.7. The second-order valence-electron chi connectivity index (χ2n) is 27.5. The van der Waals surface area contributed by atoms with Gasteiger partial charge < -0.3 is 29.5 Å². The minimum atomic E-state index is -4.12. The molecule has 5 unspecified atom stereocenters. The number of ether oxygens (including phenoxy) is 2. The number of nitrogens with two attached hydrogens (primary N) is 1. The Balaban J connectivity index is 0.769. The van der Waals surface area contributed by atoms with E-state index in [9.17, 15) is 27.0 Å². The monoisotopic (exact) mass is 1380 g/mol. The lowest BCUT2D eigenvalue weighted by molar-refractivity contribution is 0.0848. The number of anilines is 2. The fraction of sp³-hybridized carbons (Fsp3) is 0.441. The maximum Gasteiger partial charge on any atom is 0.319 e. The third-order valence-corrected chi connectivity index (χ3v) is 25.0. The zero-order valence-electron chi connectivity index (χ0n) is 53.1. The highest BCUT2D eigenvalue weighted by Crippen LogP contribution is 2.53. The van der Waals surface area contributed by atoms with Crippen LogP contribution in [0.5, 0.6) is 23.5 Å². The number of halogens is 6. The molecular weight excluding hydrogens is 1320 g/mol. The molecule has 8 aliphatic heterocycles. The van der Waals surface area contributed by atoms with Gasteiger partial charge >= 0.3 is 12.0 Å². The Labute approximate surface area is 559 Å². The largest absolute Gasteiger partial charge is 0.508 e. The van der Waals surface area contributed by atoms with Crippen LogP contribution in [-0.4, -0.2) is 200 Å². The van der Waals surface area contributed by atoms with E-state index in [-0.39, 0.29) is 190 Å². The topological polar surface area (TPSA) is 253 Å². The van der Waals surface area contributed by atoms with E-state index in [1.807, 2.05) is 9.80 Å². The molecule has 16 rings (SSSR count). The van der Waals surface area contributed by atoms with E-state index in [2.05, 4.69) is 36.7 Å². The quantitative estimate of drug-likeness (QED) is 0.0691. The number of aromatic hydroxyl groups is 2. The van der Waals surface area contributed by atoms with Crippen molar-refractivity contribution in [3.63, 3.8) is 0 Å². The predicted octanol–water partition coefficient (Wildman–Crippen LogP) is 7.90. The first-order chi connectivity index (χ1) is 46.8. The molecule has 510 valence electrons. The van der Waals surface area contributed by atoms with E-state index in [1.165, 1.54) is 75.8 Å². The van der Waals surface area contributed by atoms with Crippen molar-refractivity contribution in [3.05, 3.63) is 94.8 Å². The van der Waals surface area contributed by atoms with Gasteiger partial charge in [-0.15, -0.1) is 12.8 Å². The highest BCUT2D eigenvalue weighted by molar-refractivity contribution is 7.87. The molecule has 30 heteroatoms. The molecule has 0 spiro atoms. The number of phenols is 2. The number of hydrogen-bond acceptors (Lipinski definition) is 18. The van der Waals surface area contributed by atoms with Crippen LogP contribution in [0.4, 0.5) is 38.0 Å². The summed E-state index contributed by atoms with van der Waals surface area (Å²) in [5, 5.41) is 29.2. The molecule has 8 fully saturated rings. The average molecular weight is 1390 g/mol. The molecule has 8 aliphatic rings. The molecule has 12 heterocycles. The van der Waals surface area contributed by atoms with Gasteiger partial charge in [0.2, 0.25) is 0 Å². The summed E-state index contributed by atoms with van der Waals surface area (Å²) in [6, 6.07) is 5.44. The maximum atomic E-state index is 18.2. The smallest absolute Gasteiger partial charge is 0.319 e. The first-order valence-electron chi connectivity index (χ1n) is 32.5. The van der Waals surface area contributed by atoms with Gasteiger partial charge in [0, 0.05) is 131 Å². The Morgan fingerprint density at radius 1 is 0.643 bits per heavy atom. The number of aromatic nitrogens is 6. The van der Waals surface area contributed by atoms with Crippen molar-refractivity contribution < 1.29 is 62.9 Å². The van der Waals surface area contributed by atoms with Crippen LogP contribution >= 0.6 is 0 Å². The van der Waals surface area contributed by atoms with E-state index in [4.69, 9.17) is 37.4 Å². The summed E-state index contributed by atoms with van der Waals surface area (Å²) in [5.41, 5.74) is -3.50. The van der Waals surface area contributed by atoms with Crippen LogP contribution in [0, 0.1) is 48.0 Å². The summed E-state index contributed by atoms with van der Waals surface area (Å²) in [6.45, 7) is 0.978. The number of rotatable bonds is 14. The minimum absolute atomic E-state index is 0.000683. The van der Waals surface area contributed by atoms with Gasteiger partial charge in [-0.2, -0.15) is 49.7 Å². The molecule has 4 bridgehead atoms. The highest BCUT2D eigenvalue weighted by atomic mass is 32.2. The van der Waals surface area contributed by atoms with Gasteiger partial charge in [-0.3, -0.25) is 19.8 Å². The lowest BCUT2D eigenvalue weighted by Crippen LogP contribution is -2.58. The molecule has 0 radical (unpaired) electrons. The molecule has 22 nitrogen and oxygen atoms in total. The first-order valence-corrected chi connectivity index (χ1v) is 35.4. The Morgan fingerprint density at radius 3 is 1.74 bits per heavy atom. The summed E-state index contributed by atoms with van der Waals surface area (Å²) in [6.07, 6.45) is 16.3. The SMILES string of the molecule is C#Cc1c(F)ccc2cc(O)cc(-c3ncc4c(N5CC6CCC(C5)N6S(N)(=O)=O)nc(OC[C@@]56CCC(c7cc(F)c(C#C)c8c(-c9ncc%10c(N%11CC%12CCC(C%11)N%12S(=O)(=O)N(C)C)nc(OC[C@@]%11%12CCCN%11C[C@H](F)C%12)nc%10c9F)cc(O)cc78)N5C[C@H](F)C6)nc4c3F)c12. The van der Waals surface area contributed by atoms with Gasteiger partial charge in [-0.05, 0) is 111 Å². The molecule has 0 saturated carbocycles. The van der Waals surface area contributed by atoms with Crippen LogP contribution in [0.15, 0.2) is 54.9 Å². The maximum absolute atomic E-state index is 18.2. The number of alkyl halides is 2.